The zero-order valence-electron chi connectivity index (χ0n) is 18.7. The van der Waals surface area contributed by atoms with Crippen LogP contribution in [0, 0.1) is 19.8 Å². The zero-order valence-corrected chi connectivity index (χ0v) is 18.7. The summed E-state index contributed by atoms with van der Waals surface area (Å²) in [5.41, 5.74) is 2.45. The zero-order chi connectivity index (χ0) is 22.4. The molecule has 2 aromatic rings. The number of aryl methyl sites for hydroxylation is 3. The third kappa shape index (κ3) is 6.33. The lowest BCUT2D eigenvalue weighted by atomic mass is 10.2. The number of hydrogen-bond acceptors (Lipinski definition) is 7. The fourth-order valence-corrected chi connectivity index (χ4v) is 3.65. The highest BCUT2D eigenvalue weighted by Gasteiger charge is 2.31. The maximum absolute atomic E-state index is 12.9. The van der Waals surface area contributed by atoms with Gasteiger partial charge in [0.25, 0.3) is 0 Å². The van der Waals surface area contributed by atoms with Crippen molar-refractivity contribution in [3.05, 3.63) is 41.3 Å². The van der Waals surface area contributed by atoms with Crippen LogP contribution in [-0.2, 0) is 27.4 Å². The van der Waals surface area contributed by atoms with Crippen LogP contribution >= 0.6 is 0 Å². The van der Waals surface area contributed by atoms with Crippen molar-refractivity contribution in [3.63, 3.8) is 0 Å². The Hall–Kier alpha value is -2.81. The van der Waals surface area contributed by atoms with E-state index in [9.17, 15) is 9.59 Å². The lowest BCUT2D eigenvalue weighted by Gasteiger charge is -2.26. The Morgan fingerprint density at radius 2 is 2.10 bits per heavy atom. The molecule has 0 N–H and O–H groups in total. The second-order valence-electron chi connectivity index (χ2n) is 8.40. The molecule has 31 heavy (non-hydrogen) atoms. The molecule has 1 atom stereocenters. The maximum Gasteiger partial charge on any atom is 0.242 e. The van der Waals surface area contributed by atoms with Crippen molar-refractivity contribution in [1.29, 1.82) is 0 Å². The number of carbonyl (C=O) groups is 2. The molecule has 9 heteroatoms. The molecule has 1 fully saturated rings. The summed E-state index contributed by atoms with van der Waals surface area (Å²) in [6, 6.07) is 0. The molecule has 2 amide bonds. The van der Waals surface area contributed by atoms with Crippen molar-refractivity contribution in [2.75, 3.05) is 26.2 Å². The van der Waals surface area contributed by atoms with E-state index in [2.05, 4.69) is 29.0 Å². The summed E-state index contributed by atoms with van der Waals surface area (Å²) in [4.78, 5) is 37.4. The summed E-state index contributed by atoms with van der Waals surface area (Å²) in [5, 5.41) is 3.97. The van der Waals surface area contributed by atoms with Crippen molar-refractivity contribution < 1.29 is 18.8 Å². The third-order valence-corrected chi connectivity index (χ3v) is 5.32. The molecule has 168 valence electrons. The maximum atomic E-state index is 12.9. The van der Waals surface area contributed by atoms with Gasteiger partial charge in [-0.2, -0.15) is 0 Å². The summed E-state index contributed by atoms with van der Waals surface area (Å²) < 4.78 is 11.4. The first-order valence-corrected chi connectivity index (χ1v) is 10.7. The van der Waals surface area contributed by atoms with Gasteiger partial charge in [-0.15, -0.1) is 0 Å². The molecular weight excluding hydrogens is 398 g/mol. The SMILES string of the molecule is Cc1noc(C)c1CO[C@@H]1CN(C(=O)CCc2cnccn2)CC(=O)N(CC(C)C)C1. The molecule has 0 radical (unpaired) electrons. The van der Waals surface area contributed by atoms with Gasteiger partial charge in [0.05, 0.1) is 30.6 Å². The molecule has 0 unspecified atom stereocenters. The van der Waals surface area contributed by atoms with Crippen molar-refractivity contribution >= 4 is 11.8 Å². The lowest BCUT2D eigenvalue weighted by Crippen LogP contribution is -2.40. The fourth-order valence-electron chi connectivity index (χ4n) is 3.65. The van der Waals surface area contributed by atoms with Crippen LogP contribution in [0.5, 0.6) is 0 Å². The molecule has 0 spiro atoms. The summed E-state index contributed by atoms with van der Waals surface area (Å²) in [7, 11) is 0. The average molecular weight is 430 g/mol. The Bertz CT molecular complexity index is 864. The van der Waals surface area contributed by atoms with Gasteiger partial charge in [0.1, 0.15) is 5.76 Å². The average Bonchev–Trinajstić information content (AvgIpc) is 2.97. The van der Waals surface area contributed by atoms with Gasteiger partial charge in [-0.25, -0.2) is 0 Å². The number of ether oxygens (including phenoxy) is 1. The Morgan fingerprint density at radius 1 is 1.29 bits per heavy atom. The van der Waals surface area contributed by atoms with Crippen molar-refractivity contribution in [1.82, 2.24) is 24.9 Å². The third-order valence-electron chi connectivity index (χ3n) is 5.32. The van der Waals surface area contributed by atoms with Crippen LogP contribution in [-0.4, -0.2) is 69.0 Å². The monoisotopic (exact) mass is 429 g/mol. The molecule has 2 aromatic heterocycles. The van der Waals surface area contributed by atoms with Crippen LogP contribution in [0.15, 0.2) is 23.1 Å². The van der Waals surface area contributed by atoms with E-state index in [-0.39, 0.29) is 30.9 Å². The van der Waals surface area contributed by atoms with Crippen LogP contribution in [0.3, 0.4) is 0 Å². The molecule has 9 nitrogen and oxygen atoms in total. The Balaban J connectivity index is 1.68. The summed E-state index contributed by atoms with van der Waals surface area (Å²) in [6.45, 7) is 9.71. The van der Waals surface area contributed by atoms with Crippen LogP contribution in [0.2, 0.25) is 0 Å². The van der Waals surface area contributed by atoms with Gasteiger partial charge in [0.2, 0.25) is 11.8 Å². The minimum absolute atomic E-state index is 0.0509. The van der Waals surface area contributed by atoms with Crippen LogP contribution in [0.1, 0.15) is 43.0 Å². The smallest absolute Gasteiger partial charge is 0.242 e. The van der Waals surface area contributed by atoms with Crippen LogP contribution in [0.25, 0.3) is 0 Å². The topological polar surface area (TPSA) is 102 Å². The molecule has 3 heterocycles. The first kappa shape index (κ1) is 22.9. The van der Waals surface area contributed by atoms with Gasteiger partial charge in [-0.3, -0.25) is 19.6 Å². The molecule has 0 aromatic carbocycles. The van der Waals surface area contributed by atoms with E-state index in [1.807, 2.05) is 13.8 Å². The van der Waals surface area contributed by atoms with E-state index in [1.165, 1.54) is 0 Å². The van der Waals surface area contributed by atoms with Gasteiger partial charge >= 0.3 is 0 Å². The summed E-state index contributed by atoms with van der Waals surface area (Å²) >= 11 is 0. The van der Waals surface area contributed by atoms with Gasteiger partial charge < -0.3 is 19.1 Å². The predicted molar refractivity (Wildman–Crippen MR) is 113 cm³/mol. The number of nitrogens with zero attached hydrogens (tertiary/aromatic N) is 5. The molecule has 0 saturated carbocycles. The fraction of sp³-hybridized carbons (Fsp3) is 0.591. The molecular formula is C22H31N5O4. The second-order valence-corrected chi connectivity index (χ2v) is 8.40. The molecule has 0 bridgehead atoms. The normalized spacial score (nSPS) is 17.3. The highest BCUT2D eigenvalue weighted by atomic mass is 16.5. The van der Waals surface area contributed by atoms with E-state index < -0.39 is 0 Å². The number of aromatic nitrogens is 3. The van der Waals surface area contributed by atoms with Gasteiger partial charge in [0.15, 0.2) is 0 Å². The highest BCUT2D eigenvalue weighted by molar-refractivity contribution is 5.85. The van der Waals surface area contributed by atoms with Crippen molar-refractivity contribution in [3.8, 4) is 0 Å². The van der Waals surface area contributed by atoms with E-state index in [0.29, 0.717) is 38.6 Å². The predicted octanol–water partition coefficient (Wildman–Crippen LogP) is 1.93. The Labute approximate surface area is 182 Å². The van der Waals surface area contributed by atoms with Gasteiger partial charge in [0, 0.05) is 50.2 Å². The van der Waals surface area contributed by atoms with Gasteiger partial charge in [-0.05, 0) is 26.2 Å². The first-order chi connectivity index (χ1) is 14.8. The molecule has 1 aliphatic heterocycles. The standard InChI is InChI=1S/C22H31N5O4/c1-15(2)10-26-11-19(30-14-20-16(3)25-31-17(20)4)12-27(13-22(26)29)21(28)6-5-18-9-23-7-8-24-18/h7-9,15,19H,5-6,10-14H2,1-4H3/t19-/m0/s1. The van der Waals surface area contributed by atoms with Crippen molar-refractivity contribution in [2.24, 2.45) is 5.92 Å². The minimum atomic E-state index is -0.292. The highest BCUT2D eigenvalue weighted by Crippen LogP contribution is 2.17. The lowest BCUT2D eigenvalue weighted by molar-refractivity contribution is -0.139. The quantitative estimate of drug-likeness (QED) is 0.632. The van der Waals surface area contributed by atoms with E-state index >= 15 is 0 Å². The van der Waals surface area contributed by atoms with Crippen LogP contribution < -0.4 is 0 Å². The van der Waals surface area contributed by atoms with Crippen LogP contribution in [0.4, 0.5) is 0 Å². The molecule has 3 rings (SSSR count). The minimum Gasteiger partial charge on any atom is -0.370 e. The Morgan fingerprint density at radius 3 is 2.74 bits per heavy atom. The van der Waals surface area contributed by atoms with E-state index in [1.54, 1.807) is 28.4 Å². The summed E-state index contributed by atoms with van der Waals surface area (Å²) in [6.07, 6.45) is 5.32. The van der Waals surface area contributed by atoms with Gasteiger partial charge in [-0.1, -0.05) is 19.0 Å². The van der Waals surface area contributed by atoms with Crippen molar-refractivity contribution in [2.45, 2.75) is 53.2 Å². The number of carbonyl (C=O) groups excluding carboxylic acids is 2. The number of hydrogen-bond donors (Lipinski definition) is 0. The molecule has 1 aliphatic rings. The second kappa shape index (κ2) is 10.5. The molecule has 0 aliphatic carbocycles. The largest absolute Gasteiger partial charge is 0.370 e. The number of amides is 2. The van der Waals surface area contributed by atoms with E-state index in [0.717, 1.165) is 22.7 Å². The Kier molecular flexibility index (Phi) is 7.73. The van der Waals surface area contributed by atoms with E-state index in [4.69, 9.17) is 9.26 Å². The summed E-state index contributed by atoms with van der Waals surface area (Å²) in [5.74, 6) is 0.908. The first-order valence-electron chi connectivity index (χ1n) is 10.7. The molecule has 1 saturated heterocycles. The number of rotatable bonds is 8.